The van der Waals surface area contributed by atoms with Crippen LogP contribution in [0.2, 0.25) is 0 Å². The molecule has 1 atom stereocenters. The van der Waals surface area contributed by atoms with Crippen LogP contribution >= 0.6 is 15.9 Å². The number of rotatable bonds is 7. The standard InChI is InChI=1S/C12H14BrF3O2/c13-9-1-2-11(14)8(5-9)6-10(17)3-4-18-7-12(15)16/h1-2,5,10,12,17H,3-4,6-7H2. The number of benzene rings is 1. The zero-order valence-electron chi connectivity index (χ0n) is 9.58. The van der Waals surface area contributed by atoms with Gasteiger partial charge in [0.15, 0.2) is 0 Å². The van der Waals surface area contributed by atoms with Gasteiger partial charge >= 0.3 is 0 Å². The van der Waals surface area contributed by atoms with Gasteiger partial charge in [0.25, 0.3) is 6.43 Å². The lowest BCUT2D eigenvalue weighted by Crippen LogP contribution is -2.16. The molecular formula is C12H14BrF3O2. The molecule has 0 aliphatic heterocycles. The third-order valence-electron chi connectivity index (χ3n) is 2.30. The Kier molecular flexibility index (Phi) is 6.67. The maximum atomic E-state index is 13.4. The molecule has 1 rings (SSSR count). The van der Waals surface area contributed by atoms with E-state index < -0.39 is 25.0 Å². The van der Waals surface area contributed by atoms with Crippen molar-refractivity contribution in [1.29, 1.82) is 0 Å². The summed E-state index contributed by atoms with van der Waals surface area (Å²) in [7, 11) is 0. The first kappa shape index (κ1) is 15.5. The summed E-state index contributed by atoms with van der Waals surface area (Å²) in [5.41, 5.74) is 0.380. The highest BCUT2D eigenvalue weighted by molar-refractivity contribution is 9.10. The van der Waals surface area contributed by atoms with E-state index in [2.05, 4.69) is 20.7 Å². The molecule has 0 fully saturated rings. The van der Waals surface area contributed by atoms with E-state index in [1.54, 1.807) is 12.1 Å². The highest BCUT2D eigenvalue weighted by atomic mass is 79.9. The molecule has 0 heterocycles. The van der Waals surface area contributed by atoms with Crippen LogP contribution < -0.4 is 0 Å². The molecule has 1 aromatic rings. The molecule has 1 unspecified atom stereocenters. The van der Waals surface area contributed by atoms with Crippen molar-refractivity contribution in [2.45, 2.75) is 25.4 Å². The molecule has 0 amide bonds. The van der Waals surface area contributed by atoms with Crippen LogP contribution in [0.4, 0.5) is 13.2 Å². The van der Waals surface area contributed by atoms with E-state index in [1.807, 2.05) is 0 Å². The molecule has 0 saturated heterocycles. The molecule has 0 saturated carbocycles. The minimum atomic E-state index is -2.51. The Morgan fingerprint density at radius 1 is 1.33 bits per heavy atom. The second-order valence-corrected chi connectivity index (χ2v) is 4.76. The van der Waals surface area contributed by atoms with Crippen LogP contribution in [-0.2, 0) is 11.2 Å². The summed E-state index contributed by atoms with van der Waals surface area (Å²) in [5.74, 6) is -0.397. The van der Waals surface area contributed by atoms with Gasteiger partial charge < -0.3 is 9.84 Å². The van der Waals surface area contributed by atoms with Gasteiger partial charge in [0.1, 0.15) is 12.4 Å². The summed E-state index contributed by atoms with van der Waals surface area (Å²) in [6.45, 7) is -0.612. The van der Waals surface area contributed by atoms with Gasteiger partial charge in [0.05, 0.1) is 6.10 Å². The molecule has 0 bridgehead atoms. The Morgan fingerprint density at radius 2 is 2.06 bits per heavy atom. The minimum absolute atomic E-state index is 0.0289. The second kappa shape index (κ2) is 7.76. The number of aliphatic hydroxyl groups excluding tert-OH is 1. The average Bonchev–Trinajstić information content (AvgIpc) is 2.29. The Morgan fingerprint density at radius 3 is 2.72 bits per heavy atom. The number of ether oxygens (including phenoxy) is 1. The molecule has 2 nitrogen and oxygen atoms in total. The summed E-state index contributed by atoms with van der Waals surface area (Å²) in [5, 5.41) is 9.63. The van der Waals surface area contributed by atoms with E-state index in [-0.39, 0.29) is 19.4 Å². The fourth-order valence-electron chi connectivity index (χ4n) is 1.45. The van der Waals surface area contributed by atoms with E-state index in [9.17, 15) is 18.3 Å². The normalized spacial score (nSPS) is 13.0. The molecule has 6 heteroatoms. The molecule has 0 aromatic heterocycles. The number of alkyl halides is 2. The van der Waals surface area contributed by atoms with Gasteiger partial charge in [-0.2, -0.15) is 0 Å². The summed E-state index contributed by atoms with van der Waals surface area (Å²) in [6.07, 6.45) is -3.00. The van der Waals surface area contributed by atoms with E-state index in [4.69, 9.17) is 0 Å². The number of hydrogen-bond acceptors (Lipinski definition) is 2. The summed E-state index contributed by atoms with van der Waals surface area (Å²) < 4.78 is 42.3. The molecule has 18 heavy (non-hydrogen) atoms. The SMILES string of the molecule is OC(CCOCC(F)F)Cc1cc(Br)ccc1F. The van der Waals surface area contributed by atoms with Crippen molar-refractivity contribution in [2.24, 2.45) is 0 Å². The topological polar surface area (TPSA) is 29.5 Å². The first-order valence-corrected chi connectivity index (χ1v) is 6.26. The largest absolute Gasteiger partial charge is 0.393 e. The van der Waals surface area contributed by atoms with Crippen molar-refractivity contribution in [1.82, 2.24) is 0 Å². The van der Waals surface area contributed by atoms with Crippen LogP contribution in [0.15, 0.2) is 22.7 Å². The number of aliphatic hydroxyl groups is 1. The lowest BCUT2D eigenvalue weighted by molar-refractivity contribution is 0.00505. The van der Waals surface area contributed by atoms with Crippen LogP contribution in [0.25, 0.3) is 0 Å². The Hall–Kier alpha value is -0.590. The molecule has 0 radical (unpaired) electrons. The van der Waals surface area contributed by atoms with Crippen molar-refractivity contribution >= 4 is 15.9 Å². The highest BCUT2D eigenvalue weighted by Crippen LogP contribution is 2.17. The van der Waals surface area contributed by atoms with Crippen molar-refractivity contribution in [3.8, 4) is 0 Å². The van der Waals surface area contributed by atoms with Gasteiger partial charge in [-0.15, -0.1) is 0 Å². The van der Waals surface area contributed by atoms with Gasteiger partial charge in [0, 0.05) is 17.5 Å². The zero-order valence-corrected chi connectivity index (χ0v) is 11.2. The van der Waals surface area contributed by atoms with Gasteiger partial charge in [0.2, 0.25) is 0 Å². The van der Waals surface area contributed by atoms with Crippen LogP contribution in [0.1, 0.15) is 12.0 Å². The molecule has 0 spiro atoms. The summed E-state index contributed by atoms with van der Waals surface area (Å²) in [6, 6.07) is 4.45. The first-order chi connectivity index (χ1) is 8.49. The molecule has 0 aliphatic carbocycles. The zero-order chi connectivity index (χ0) is 13.5. The fraction of sp³-hybridized carbons (Fsp3) is 0.500. The predicted molar refractivity (Wildman–Crippen MR) is 65.3 cm³/mol. The summed E-state index contributed by atoms with van der Waals surface area (Å²) >= 11 is 3.21. The minimum Gasteiger partial charge on any atom is -0.393 e. The third-order valence-corrected chi connectivity index (χ3v) is 2.80. The molecule has 0 aliphatic rings. The monoisotopic (exact) mass is 326 g/mol. The van der Waals surface area contributed by atoms with Gasteiger partial charge in [-0.1, -0.05) is 15.9 Å². The van der Waals surface area contributed by atoms with Crippen LogP contribution in [0.5, 0.6) is 0 Å². The molecular weight excluding hydrogens is 313 g/mol. The number of halogens is 4. The Bertz CT molecular complexity index is 374. The first-order valence-electron chi connectivity index (χ1n) is 5.47. The van der Waals surface area contributed by atoms with E-state index in [0.717, 1.165) is 4.47 Å². The van der Waals surface area contributed by atoms with E-state index >= 15 is 0 Å². The van der Waals surface area contributed by atoms with Crippen molar-refractivity contribution in [2.75, 3.05) is 13.2 Å². The lowest BCUT2D eigenvalue weighted by Gasteiger charge is -2.11. The van der Waals surface area contributed by atoms with Gasteiger partial charge in [-0.25, -0.2) is 13.2 Å². The van der Waals surface area contributed by atoms with E-state index in [0.29, 0.717) is 5.56 Å². The Balaban J connectivity index is 2.35. The fourth-order valence-corrected chi connectivity index (χ4v) is 1.86. The Labute approximate surface area is 112 Å². The number of hydrogen-bond donors (Lipinski definition) is 1. The second-order valence-electron chi connectivity index (χ2n) is 3.85. The highest BCUT2D eigenvalue weighted by Gasteiger charge is 2.10. The maximum absolute atomic E-state index is 13.4. The molecule has 1 aromatic carbocycles. The van der Waals surface area contributed by atoms with Crippen molar-refractivity contribution < 1.29 is 23.0 Å². The van der Waals surface area contributed by atoms with Crippen LogP contribution in [0.3, 0.4) is 0 Å². The van der Waals surface area contributed by atoms with Crippen molar-refractivity contribution in [3.63, 3.8) is 0 Å². The van der Waals surface area contributed by atoms with Crippen LogP contribution in [0, 0.1) is 5.82 Å². The van der Waals surface area contributed by atoms with Gasteiger partial charge in [-0.05, 0) is 30.2 Å². The lowest BCUT2D eigenvalue weighted by atomic mass is 10.1. The third kappa shape index (κ3) is 5.84. The molecule has 1 N–H and O–H groups in total. The predicted octanol–water partition coefficient (Wildman–Crippen LogP) is 3.16. The van der Waals surface area contributed by atoms with Crippen molar-refractivity contribution in [3.05, 3.63) is 34.1 Å². The van der Waals surface area contributed by atoms with E-state index in [1.165, 1.54) is 6.07 Å². The quantitative estimate of drug-likeness (QED) is 0.780. The average molecular weight is 327 g/mol. The maximum Gasteiger partial charge on any atom is 0.261 e. The van der Waals surface area contributed by atoms with Gasteiger partial charge in [-0.3, -0.25) is 0 Å². The van der Waals surface area contributed by atoms with Crippen LogP contribution in [-0.4, -0.2) is 30.8 Å². The summed E-state index contributed by atoms with van der Waals surface area (Å²) in [4.78, 5) is 0. The molecule has 102 valence electrons. The smallest absolute Gasteiger partial charge is 0.261 e.